The van der Waals surface area contributed by atoms with E-state index < -0.39 is 0 Å². The van der Waals surface area contributed by atoms with Gasteiger partial charge in [-0.2, -0.15) is 0 Å². The van der Waals surface area contributed by atoms with Gasteiger partial charge >= 0.3 is 0 Å². The highest BCUT2D eigenvalue weighted by Crippen LogP contribution is 2.43. The number of nitrogens with one attached hydrogen (secondary N) is 2. The van der Waals surface area contributed by atoms with Crippen molar-refractivity contribution in [2.75, 3.05) is 20.2 Å². The van der Waals surface area contributed by atoms with E-state index in [2.05, 4.69) is 22.8 Å². The summed E-state index contributed by atoms with van der Waals surface area (Å²) in [5, 5.41) is 6.61. The number of amides is 1. The number of fused-ring (bicyclic) bond motifs is 1. The SMILES string of the molecule is COCc1cccc(CNC(=O)[C@@]23CCCC[C@H]2CNC3)c1.Cl. The molecule has 1 saturated carbocycles. The lowest BCUT2D eigenvalue weighted by atomic mass is 9.67. The molecule has 2 aliphatic rings. The lowest BCUT2D eigenvalue weighted by Crippen LogP contribution is -2.47. The van der Waals surface area contributed by atoms with Gasteiger partial charge in [0.05, 0.1) is 12.0 Å². The molecule has 3 rings (SSSR count). The Morgan fingerprint density at radius 3 is 3.04 bits per heavy atom. The Balaban J connectivity index is 0.00000192. The number of halogens is 1. The van der Waals surface area contributed by atoms with Gasteiger partial charge in [-0.25, -0.2) is 0 Å². The van der Waals surface area contributed by atoms with Crippen LogP contribution in [0.2, 0.25) is 0 Å². The van der Waals surface area contributed by atoms with Gasteiger partial charge in [0.1, 0.15) is 0 Å². The molecule has 4 nitrogen and oxygen atoms in total. The molecule has 128 valence electrons. The molecule has 1 aliphatic heterocycles. The van der Waals surface area contributed by atoms with Crippen LogP contribution >= 0.6 is 12.4 Å². The smallest absolute Gasteiger partial charge is 0.228 e. The van der Waals surface area contributed by atoms with E-state index in [1.807, 2.05) is 12.1 Å². The first-order chi connectivity index (χ1) is 10.7. The molecule has 2 N–H and O–H groups in total. The fraction of sp³-hybridized carbons (Fsp3) is 0.611. The Kier molecular flexibility index (Phi) is 6.45. The Morgan fingerprint density at radius 1 is 1.39 bits per heavy atom. The van der Waals surface area contributed by atoms with Gasteiger partial charge in [0.2, 0.25) is 5.91 Å². The van der Waals surface area contributed by atoms with E-state index in [4.69, 9.17) is 4.74 Å². The van der Waals surface area contributed by atoms with Crippen molar-refractivity contribution in [1.29, 1.82) is 0 Å². The quantitative estimate of drug-likeness (QED) is 0.867. The number of rotatable bonds is 5. The number of carbonyl (C=O) groups excluding carboxylic acids is 1. The second-order valence-electron chi connectivity index (χ2n) is 6.67. The topological polar surface area (TPSA) is 50.4 Å². The predicted octanol–water partition coefficient (Wildman–Crippen LogP) is 2.65. The van der Waals surface area contributed by atoms with E-state index in [-0.39, 0.29) is 23.7 Å². The Labute approximate surface area is 144 Å². The van der Waals surface area contributed by atoms with Gasteiger partial charge in [-0.1, -0.05) is 37.1 Å². The highest BCUT2D eigenvalue weighted by Gasteiger charge is 2.49. The summed E-state index contributed by atoms with van der Waals surface area (Å²) in [6.45, 7) is 3.05. The highest BCUT2D eigenvalue weighted by atomic mass is 35.5. The molecule has 0 radical (unpaired) electrons. The van der Waals surface area contributed by atoms with Crippen molar-refractivity contribution in [2.24, 2.45) is 11.3 Å². The first-order valence-electron chi connectivity index (χ1n) is 8.30. The zero-order chi connectivity index (χ0) is 15.4. The van der Waals surface area contributed by atoms with Crippen molar-refractivity contribution in [3.05, 3.63) is 35.4 Å². The Hall–Kier alpha value is -1.10. The summed E-state index contributed by atoms with van der Waals surface area (Å²) in [5.74, 6) is 0.750. The molecule has 2 atom stereocenters. The minimum Gasteiger partial charge on any atom is -0.380 e. The van der Waals surface area contributed by atoms with Crippen LogP contribution in [0, 0.1) is 11.3 Å². The fourth-order valence-electron chi connectivity index (χ4n) is 4.04. The molecular formula is C18H27ClN2O2. The maximum atomic E-state index is 12.8. The molecule has 0 bridgehead atoms. The van der Waals surface area contributed by atoms with Crippen LogP contribution in [-0.4, -0.2) is 26.1 Å². The van der Waals surface area contributed by atoms with Crippen LogP contribution in [0.5, 0.6) is 0 Å². The zero-order valence-electron chi connectivity index (χ0n) is 13.8. The van der Waals surface area contributed by atoms with Gasteiger partial charge < -0.3 is 15.4 Å². The van der Waals surface area contributed by atoms with E-state index in [1.54, 1.807) is 7.11 Å². The minimum atomic E-state index is -0.164. The van der Waals surface area contributed by atoms with Crippen molar-refractivity contribution in [3.63, 3.8) is 0 Å². The molecule has 1 aromatic rings. The third-order valence-electron chi connectivity index (χ3n) is 5.25. The molecule has 0 spiro atoms. The van der Waals surface area contributed by atoms with Crippen molar-refractivity contribution in [2.45, 2.75) is 38.8 Å². The van der Waals surface area contributed by atoms with Crippen LogP contribution < -0.4 is 10.6 Å². The molecule has 0 unspecified atom stereocenters. The number of hydrogen-bond donors (Lipinski definition) is 2. The minimum absolute atomic E-state index is 0. The molecule has 23 heavy (non-hydrogen) atoms. The summed E-state index contributed by atoms with van der Waals surface area (Å²) in [5.41, 5.74) is 2.12. The third-order valence-corrected chi connectivity index (χ3v) is 5.25. The lowest BCUT2D eigenvalue weighted by molar-refractivity contribution is -0.134. The molecule has 1 amide bonds. The number of benzene rings is 1. The predicted molar refractivity (Wildman–Crippen MR) is 93.5 cm³/mol. The molecule has 1 heterocycles. The van der Waals surface area contributed by atoms with E-state index in [0.29, 0.717) is 19.1 Å². The van der Waals surface area contributed by atoms with Crippen LogP contribution in [0.3, 0.4) is 0 Å². The monoisotopic (exact) mass is 338 g/mol. The number of methoxy groups -OCH3 is 1. The highest BCUT2D eigenvalue weighted by molar-refractivity contribution is 5.85. The molecule has 2 fully saturated rings. The van der Waals surface area contributed by atoms with Gasteiger partial charge in [0.15, 0.2) is 0 Å². The first-order valence-corrected chi connectivity index (χ1v) is 8.30. The third kappa shape index (κ3) is 3.87. The largest absolute Gasteiger partial charge is 0.380 e. The van der Waals surface area contributed by atoms with E-state index >= 15 is 0 Å². The number of hydrogen-bond acceptors (Lipinski definition) is 3. The summed E-state index contributed by atoms with van der Waals surface area (Å²) < 4.78 is 5.16. The van der Waals surface area contributed by atoms with Gasteiger partial charge in [0.25, 0.3) is 0 Å². The van der Waals surface area contributed by atoms with Crippen LogP contribution in [0.4, 0.5) is 0 Å². The van der Waals surface area contributed by atoms with Gasteiger partial charge in [-0.05, 0) is 36.4 Å². The molecule has 1 aliphatic carbocycles. The number of carbonyl (C=O) groups is 1. The van der Waals surface area contributed by atoms with Gasteiger partial charge in [0, 0.05) is 20.2 Å². The molecular weight excluding hydrogens is 312 g/mol. The second-order valence-corrected chi connectivity index (χ2v) is 6.67. The van der Waals surface area contributed by atoms with Crippen LogP contribution in [0.25, 0.3) is 0 Å². The lowest BCUT2D eigenvalue weighted by Gasteiger charge is -2.37. The molecule has 1 aromatic carbocycles. The Morgan fingerprint density at radius 2 is 2.22 bits per heavy atom. The first kappa shape index (κ1) is 18.2. The van der Waals surface area contributed by atoms with Gasteiger partial charge in [-0.3, -0.25) is 4.79 Å². The maximum absolute atomic E-state index is 12.8. The molecule has 1 saturated heterocycles. The standard InChI is InChI=1S/C18H26N2O2.ClH/c1-22-12-15-6-4-5-14(9-15)10-20-17(21)18-8-3-2-7-16(18)11-19-13-18;/h4-6,9,16,19H,2-3,7-8,10-13H2,1H3,(H,20,21);1H/t16-,18+;/m0./s1. The van der Waals surface area contributed by atoms with Crippen LogP contribution in [0.15, 0.2) is 24.3 Å². The fourth-order valence-corrected chi connectivity index (χ4v) is 4.04. The summed E-state index contributed by atoms with van der Waals surface area (Å²) >= 11 is 0. The summed E-state index contributed by atoms with van der Waals surface area (Å²) in [6.07, 6.45) is 4.65. The van der Waals surface area contributed by atoms with Crippen LogP contribution in [0.1, 0.15) is 36.8 Å². The van der Waals surface area contributed by atoms with Crippen molar-refractivity contribution in [3.8, 4) is 0 Å². The van der Waals surface area contributed by atoms with E-state index in [0.717, 1.165) is 30.6 Å². The van der Waals surface area contributed by atoms with Crippen LogP contribution in [-0.2, 0) is 22.7 Å². The van der Waals surface area contributed by atoms with E-state index in [1.165, 1.54) is 19.3 Å². The summed E-state index contributed by atoms with van der Waals surface area (Å²) in [4.78, 5) is 12.8. The number of ether oxygens (including phenoxy) is 1. The molecule has 5 heteroatoms. The normalized spacial score (nSPS) is 26.2. The second kappa shape index (κ2) is 8.13. The zero-order valence-corrected chi connectivity index (χ0v) is 14.6. The van der Waals surface area contributed by atoms with E-state index in [9.17, 15) is 4.79 Å². The summed E-state index contributed by atoms with van der Waals surface area (Å²) in [7, 11) is 1.70. The van der Waals surface area contributed by atoms with Crippen molar-refractivity contribution >= 4 is 18.3 Å². The average molecular weight is 339 g/mol. The maximum Gasteiger partial charge on any atom is 0.228 e. The Bertz CT molecular complexity index is 538. The van der Waals surface area contributed by atoms with Crippen molar-refractivity contribution in [1.82, 2.24) is 10.6 Å². The average Bonchev–Trinajstić information content (AvgIpc) is 2.98. The van der Waals surface area contributed by atoms with Crippen molar-refractivity contribution < 1.29 is 9.53 Å². The summed E-state index contributed by atoms with van der Waals surface area (Å²) in [6, 6.07) is 8.23. The molecule has 0 aromatic heterocycles. The van der Waals surface area contributed by atoms with Gasteiger partial charge in [-0.15, -0.1) is 12.4 Å².